The molecule has 23 heavy (non-hydrogen) atoms. The molecule has 0 bridgehead atoms. The lowest BCUT2D eigenvalue weighted by Gasteiger charge is -2.15. The molecule has 1 rings (SSSR count). The number of hydrogen-bond donors (Lipinski definition) is 1. The highest BCUT2D eigenvalue weighted by Crippen LogP contribution is 2.28. The lowest BCUT2D eigenvalue weighted by Crippen LogP contribution is -2.24. The Balaban J connectivity index is 2.60. The lowest BCUT2D eigenvalue weighted by atomic mass is 10.1. The van der Waals surface area contributed by atoms with Crippen molar-refractivity contribution in [2.75, 3.05) is 40.4 Å². The van der Waals surface area contributed by atoms with Gasteiger partial charge in [0.05, 0.1) is 12.7 Å². The van der Waals surface area contributed by atoms with Crippen LogP contribution in [0.2, 0.25) is 0 Å². The molecule has 1 amide bonds. The van der Waals surface area contributed by atoms with Crippen molar-refractivity contribution >= 4 is 5.91 Å². The van der Waals surface area contributed by atoms with E-state index in [9.17, 15) is 4.79 Å². The third-order valence-corrected chi connectivity index (χ3v) is 3.08. The minimum absolute atomic E-state index is 0.108. The zero-order valence-electron chi connectivity index (χ0n) is 14.1. The summed E-state index contributed by atoms with van der Waals surface area (Å²) in [5, 5.41) is 11.1. The molecule has 1 aromatic rings. The Labute approximate surface area is 138 Å². The van der Waals surface area contributed by atoms with Crippen LogP contribution in [-0.4, -0.2) is 51.2 Å². The largest absolute Gasteiger partial charge is 0.490 e. The average molecular weight is 319 g/mol. The van der Waals surface area contributed by atoms with E-state index in [1.807, 2.05) is 45.3 Å². The summed E-state index contributed by atoms with van der Waals surface area (Å²) in [6, 6.07) is 7.62. The smallest absolute Gasteiger partial charge is 0.234 e. The number of carbonyl (C=O) groups excluding carboxylic acids is 1. The maximum absolute atomic E-state index is 11.2. The van der Waals surface area contributed by atoms with Crippen molar-refractivity contribution in [3.05, 3.63) is 23.8 Å². The van der Waals surface area contributed by atoms with Crippen molar-refractivity contribution in [3.8, 4) is 17.6 Å². The normalized spacial score (nSPS) is 10.2. The van der Waals surface area contributed by atoms with Gasteiger partial charge in [-0.2, -0.15) is 5.26 Å². The quantitative estimate of drug-likeness (QED) is 0.709. The van der Waals surface area contributed by atoms with Crippen LogP contribution in [0.1, 0.15) is 18.9 Å². The molecule has 1 aromatic carbocycles. The molecule has 0 saturated heterocycles. The minimum atomic E-state index is -0.249. The van der Waals surface area contributed by atoms with E-state index in [0.717, 1.165) is 17.9 Å². The summed E-state index contributed by atoms with van der Waals surface area (Å²) >= 11 is 0. The van der Waals surface area contributed by atoms with E-state index in [-0.39, 0.29) is 12.3 Å². The van der Waals surface area contributed by atoms with Gasteiger partial charge in [-0.1, -0.05) is 6.07 Å². The second kappa shape index (κ2) is 10.5. The van der Waals surface area contributed by atoms with E-state index >= 15 is 0 Å². The molecule has 0 aliphatic heterocycles. The fourth-order valence-corrected chi connectivity index (χ4v) is 1.91. The van der Waals surface area contributed by atoms with Crippen LogP contribution in [0, 0.1) is 11.3 Å². The van der Waals surface area contributed by atoms with E-state index in [4.69, 9.17) is 14.7 Å². The number of nitrogens with one attached hydrogen (secondary N) is 1. The Bertz CT molecular complexity index is 538. The van der Waals surface area contributed by atoms with Gasteiger partial charge in [-0.05, 0) is 45.1 Å². The second-order valence-corrected chi connectivity index (χ2v) is 5.30. The van der Waals surface area contributed by atoms with Crippen LogP contribution in [-0.2, 0) is 11.2 Å². The highest BCUT2D eigenvalue weighted by molar-refractivity contribution is 5.77. The van der Waals surface area contributed by atoms with Gasteiger partial charge in [-0.25, -0.2) is 0 Å². The van der Waals surface area contributed by atoms with Gasteiger partial charge in [-0.15, -0.1) is 0 Å². The molecule has 0 aromatic heterocycles. The first-order valence-corrected chi connectivity index (χ1v) is 7.73. The van der Waals surface area contributed by atoms with E-state index in [1.54, 1.807) is 0 Å². The van der Waals surface area contributed by atoms with Gasteiger partial charge in [0.25, 0.3) is 0 Å². The molecule has 0 atom stereocenters. The predicted molar refractivity (Wildman–Crippen MR) is 88.6 cm³/mol. The van der Waals surface area contributed by atoms with Crippen LogP contribution in [0.3, 0.4) is 0 Å². The summed E-state index contributed by atoms with van der Waals surface area (Å²) in [6.45, 7) is 4.41. The number of ether oxygens (including phenoxy) is 2. The molecular weight excluding hydrogens is 294 g/mol. The Hall–Kier alpha value is -2.26. The van der Waals surface area contributed by atoms with Crippen molar-refractivity contribution < 1.29 is 14.3 Å². The lowest BCUT2D eigenvalue weighted by molar-refractivity contribution is -0.120. The van der Waals surface area contributed by atoms with Crippen LogP contribution in [0.15, 0.2) is 18.2 Å². The standard InChI is InChI=1S/C17H25N3O3/c1-4-22-16-13-14(8-10-19-17(21)7-9-18)5-6-15(16)23-12-11-20(2)3/h5-6,13H,4,7-8,10-12H2,1-3H3,(H,19,21). The van der Waals surface area contributed by atoms with Crippen molar-refractivity contribution in [1.82, 2.24) is 10.2 Å². The molecule has 0 fully saturated rings. The number of rotatable bonds is 10. The fourth-order valence-electron chi connectivity index (χ4n) is 1.91. The maximum Gasteiger partial charge on any atom is 0.234 e. The van der Waals surface area contributed by atoms with E-state index in [0.29, 0.717) is 31.9 Å². The van der Waals surface area contributed by atoms with Gasteiger partial charge in [0.1, 0.15) is 13.0 Å². The summed E-state index contributed by atoms with van der Waals surface area (Å²) in [6.07, 6.45) is 0.568. The van der Waals surface area contributed by atoms with E-state index in [1.165, 1.54) is 0 Å². The fraction of sp³-hybridized carbons (Fsp3) is 0.529. The van der Waals surface area contributed by atoms with Crippen molar-refractivity contribution in [1.29, 1.82) is 5.26 Å². The molecular formula is C17H25N3O3. The second-order valence-electron chi connectivity index (χ2n) is 5.30. The third-order valence-electron chi connectivity index (χ3n) is 3.08. The Morgan fingerprint density at radius 2 is 2.09 bits per heavy atom. The van der Waals surface area contributed by atoms with Crippen LogP contribution in [0.5, 0.6) is 11.5 Å². The zero-order valence-corrected chi connectivity index (χ0v) is 14.1. The molecule has 0 aliphatic rings. The van der Waals surface area contributed by atoms with Crippen molar-refractivity contribution in [2.45, 2.75) is 19.8 Å². The molecule has 0 unspecified atom stereocenters. The molecule has 0 spiro atoms. The van der Waals surface area contributed by atoms with Gasteiger partial charge >= 0.3 is 0 Å². The highest BCUT2D eigenvalue weighted by Gasteiger charge is 2.07. The zero-order chi connectivity index (χ0) is 17.1. The van der Waals surface area contributed by atoms with Crippen molar-refractivity contribution in [2.24, 2.45) is 0 Å². The number of hydrogen-bond acceptors (Lipinski definition) is 5. The number of nitrogens with zero attached hydrogens (tertiary/aromatic N) is 2. The third kappa shape index (κ3) is 7.52. The Kier molecular flexibility index (Phi) is 8.55. The summed E-state index contributed by atoms with van der Waals surface area (Å²) in [7, 11) is 3.99. The molecule has 6 heteroatoms. The van der Waals surface area contributed by atoms with Gasteiger partial charge in [0.2, 0.25) is 5.91 Å². The molecule has 126 valence electrons. The number of carbonyl (C=O) groups is 1. The molecule has 0 aliphatic carbocycles. The molecule has 6 nitrogen and oxygen atoms in total. The molecule has 0 saturated carbocycles. The minimum Gasteiger partial charge on any atom is -0.490 e. The molecule has 1 N–H and O–H groups in total. The SMILES string of the molecule is CCOc1cc(CCNC(=O)CC#N)ccc1OCCN(C)C. The van der Waals surface area contributed by atoms with Gasteiger partial charge in [0.15, 0.2) is 11.5 Å². The van der Waals surface area contributed by atoms with Gasteiger partial charge in [0, 0.05) is 13.1 Å². The number of nitriles is 1. The van der Waals surface area contributed by atoms with E-state index in [2.05, 4.69) is 10.2 Å². The summed E-state index contributed by atoms with van der Waals surface area (Å²) in [4.78, 5) is 13.3. The summed E-state index contributed by atoms with van der Waals surface area (Å²) in [5.41, 5.74) is 1.05. The first kappa shape index (κ1) is 18.8. The van der Waals surface area contributed by atoms with Crippen LogP contribution < -0.4 is 14.8 Å². The number of amides is 1. The maximum atomic E-state index is 11.2. The number of benzene rings is 1. The van der Waals surface area contributed by atoms with Crippen LogP contribution >= 0.6 is 0 Å². The highest BCUT2D eigenvalue weighted by atomic mass is 16.5. The van der Waals surface area contributed by atoms with Gasteiger partial charge < -0.3 is 19.7 Å². The Morgan fingerprint density at radius 3 is 2.74 bits per heavy atom. The average Bonchev–Trinajstić information content (AvgIpc) is 2.49. The summed E-state index contributed by atoms with van der Waals surface area (Å²) in [5.74, 6) is 1.19. The number of likely N-dealkylation sites (N-methyl/N-ethyl adjacent to an activating group) is 1. The van der Waals surface area contributed by atoms with Gasteiger partial charge in [-0.3, -0.25) is 4.79 Å². The Morgan fingerprint density at radius 1 is 1.30 bits per heavy atom. The van der Waals surface area contributed by atoms with E-state index < -0.39 is 0 Å². The first-order chi connectivity index (χ1) is 11.1. The molecule has 0 heterocycles. The first-order valence-electron chi connectivity index (χ1n) is 7.73. The van der Waals surface area contributed by atoms with Crippen molar-refractivity contribution in [3.63, 3.8) is 0 Å². The monoisotopic (exact) mass is 319 g/mol. The van der Waals surface area contributed by atoms with Crippen LogP contribution in [0.25, 0.3) is 0 Å². The predicted octanol–water partition coefficient (Wildman–Crippen LogP) is 1.60. The molecule has 0 radical (unpaired) electrons. The summed E-state index contributed by atoms with van der Waals surface area (Å²) < 4.78 is 11.4. The topological polar surface area (TPSA) is 74.6 Å². The van der Waals surface area contributed by atoms with Crippen LogP contribution in [0.4, 0.5) is 0 Å².